The van der Waals surface area contributed by atoms with Crippen molar-refractivity contribution in [3.63, 3.8) is 0 Å². The molecule has 0 saturated heterocycles. The van der Waals surface area contributed by atoms with Gasteiger partial charge in [-0.05, 0) is 65.7 Å². The van der Waals surface area contributed by atoms with Gasteiger partial charge < -0.3 is 4.57 Å². The Bertz CT molecular complexity index is 3470. The first-order chi connectivity index (χ1) is 28.3. The predicted octanol–water partition coefficient (Wildman–Crippen LogP) is 12.5. The number of aromatic nitrogens is 6. The maximum atomic E-state index is 5.33. The van der Waals surface area contributed by atoms with E-state index < -0.39 is 0 Å². The van der Waals surface area contributed by atoms with Crippen LogP contribution in [-0.4, -0.2) is 28.7 Å². The monoisotopic (exact) mass is 728 g/mol. The lowest BCUT2D eigenvalue weighted by Crippen LogP contribution is -2.10. The Labute approximate surface area is 327 Å². The minimum atomic E-state index is 0.563. The summed E-state index contributed by atoms with van der Waals surface area (Å²) < 4.78 is 6.74. The zero-order valence-corrected chi connectivity index (χ0v) is 30.7. The second-order valence-electron chi connectivity index (χ2n) is 14.5. The number of para-hydroxylation sites is 5. The van der Waals surface area contributed by atoms with Crippen LogP contribution in [0.15, 0.2) is 194 Å². The summed E-state index contributed by atoms with van der Waals surface area (Å²) in [4.78, 5) is 15.7. The average Bonchev–Trinajstić information content (AvgIpc) is 3.92. The van der Waals surface area contributed by atoms with Crippen molar-refractivity contribution in [2.75, 3.05) is 0 Å². The number of hydrogen-bond acceptors (Lipinski definition) is 3. The summed E-state index contributed by atoms with van der Waals surface area (Å²) in [6.07, 6.45) is 0. The lowest BCUT2D eigenvalue weighted by molar-refractivity contribution is 0.893. The third-order valence-electron chi connectivity index (χ3n) is 11.3. The van der Waals surface area contributed by atoms with Gasteiger partial charge >= 0.3 is 0 Å². The highest BCUT2D eigenvalue weighted by molar-refractivity contribution is 6.17. The van der Waals surface area contributed by atoms with E-state index in [1.54, 1.807) is 0 Å². The third-order valence-corrected chi connectivity index (χ3v) is 11.3. The van der Waals surface area contributed by atoms with Gasteiger partial charge in [0.1, 0.15) is 0 Å². The summed E-state index contributed by atoms with van der Waals surface area (Å²) >= 11 is 0. The Hall–Kier alpha value is -7.83. The van der Waals surface area contributed by atoms with E-state index in [1.165, 1.54) is 27.4 Å². The van der Waals surface area contributed by atoms with Crippen molar-refractivity contribution in [2.24, 2.45) is 0 Å². The van der Waals surface area contributed by atoms with E-state index in [0.717, 1.165) is 60.4 Å². The fraction of sp³-hybridized carbons (Fsp3) is 0. The Balaban J connectivity index is 1.12. The summed E-state index contributed by atoms with van der Waals surface area (Å²) in [5.74, 6) is 1.74. The highest BCUT2D eigenvalue weighted by atomic mass is 15.3. The van der Waals surface area contributed by atoms with Gasteiger partial charge in [-0.1, -0.05) is 140 Å². The molecule has 0 saturated carbocycles. The maximum Gasteiger partial charge on any atom is 0.240 e. The number of hydrogen-bond donors (Lipinski definition) is 0. The van der Waals surface area contributed by atoms with Gasteiger partial charge in [-0.15, -0.1) is 0 Å². The Kier molecular flexibility index (Phi) is 6.83. The molecule has 0 N–H and O–H groups in total. The summed E-state index contributed by atoms with van der Waals surface area (Å²) in [7, 11) is 0. The molecule has 0 aliphatic heterocycles. The fourth-order valence-corrected chi connectivity index (χ4v) is 8.88. The van der Waals surface area contributed by atoms with E-state index in [0.29, 0.717) is 17.7 Å². The van der Waals surface area contributed by atoms with Crippen LogP contribution in [0, 0.1) is 0 Å². The summed E-state index contributed by atoms with van der Waals surface area (Å²) in [6.45, 7) is 0. The average molecular weight is 729 g/mol. The van der Waals surface area contributed by atoms with Gasteiger partial charge in [-0.3, -0.25) is 9.13 Å². The van der Waals surface area contributed by atoms with Crippen molar-refractivity contribution >= 4 is 65.4 Å². The minimum Gasteiger partial charge on any atom is -0.309 e. The van der Waals surface area contributed by atoms with Gasteiger partial charge in [0, 0.05) is 43.6 Å². The molecule has 0 spiro atoms. The zero-order valence-electron chi connectivity index (χ0n) is 30.7. The molecule has 57 heavy (non-hydrogen) atoms. The smallest absolute Gasteiger partial charge is 0.240 e. The standard InChI is InChI=1S/C51H32N6/c1-3-16-33(17-4-1)49-52-50(56-42-25-11-7-20-37(42)38-21-8-12-26-43(38)56)54-51(53-49)57-44-27-13-9-22-39(44)41-32-34(30-31-46(41)57)36-24-15-29-47-48(36)40-23-10-14-28-45(40)55(47)35-18-5-2-6-19-35/h1-32H. The molecule has 266 valence electrons. The number of fused-ring (bicyclic) bond motifs is 9. The van der Waals surface area contributed by atoms with Crippen LogP contribution >= 0.6 is 0 Å². The summed E-state index contributed by atoms with van der Waals surface area (Å²) in [5.41, 5.74) is 10.9. The van der Waals surface area contributed by atoms with E-state index in [2.05, 4.69) is 190 Å². The van der Waals surface area contributed by atoms with Gasteiger partial charge in [-0.25, -0.2) is 0 Å². The molecule has 8 aromatic carbocycles. The molecular formula is C51H32N6. The van der Waals surface area contributed by atoms with Crippen LogP contribution in [0.2, 0.25) is 0 Å². The molecule has 6 nitrogen and oxygen atoms in total. The zero-order chi connectivity index (χ0) is 37.5. The quantitative estimate of drug-likeness (QED) is 0.177. The highest BCUT2D eigenvalue weighted by Gasteiger charge is 2.22. The lowest BCUT2D eigenvalue weighted by atomic mass is 9.98. The molecule has 4 aromatic heterocycles. The number of rotatable bonds is 5. The summed E-state index contributed by atoms with van der Waals surface area (Å²) in [5, 5.41) is 7.04. The second kappa shape index (κ2) is 12.3. The van der Waals surface area contributed by atoms with E-state index in [1.807, 2.05) is 18.2 Å². The van der Waals surface area contributed by atoms with Crippen molar-refractivity contribution in [3.05, 3.63) is 194 Å². The maximum absolute atomic E-state index is 5.33. The normalized spacial score (nSPS) is 11.9. The van der Waals surface area contributed by atoms with Crippen LogP contribution in [0.5, 0.6) is 0 Å². The molecule has 12 rings (SSSR count). The molecule has 4 heterocycles. The highest BCUT2D eigenvalue weighted by Crippen LogP contribution is 2.41. The first-order valence-corrected chi connectivity index (χ1v) is 19.2. The third kappa shape index (κ3) is 4.74. The van der Waals surface area contributed by atoms with Crippen molar-refractivity contribution in [2.45, 2.75) is 0 Å². The van der Waals surface area contributed by atoms with E-state index in [9.17, 15) is 0 Å². The Morgan fingerprint density at radius 1 is 0.298 bits per heavy atom. The van der Waals surface area contributed by atoms with Gasteiger partial charge in [0.25, 0.3) is 0 Å². The second-order valence-corrected chi connectivity index (χ2v) is 14.5. The molecule has 0 aliphatic rings. The van der Waals surface area contributed by atoms with Crippen LogP contribution < -0.4 is 0 Å². The predicted molar refractivity (Wildman–Crippen MR) is 234 cm³/mol. The van der Waals surface area contributed by atoms with Crippen LogP contribution in [0.1, 0.15) is 0 Å². The molecule has 6 heteroatoms. The molecular weight excluding hydrogens is 697 g/mol. The molecule has 0 bridgehead atoms. The van der Waals surface area contributed by atoms with Crippen LogP contribution in [0.3, 0.4) is 0 Å². The van der Waals surface area contributed by atoms with Crippen LogP contribution in [0.4, 0.5) is 0 Å². The molecule has 0 aliphatic carbocycles. The summed E-state index contributed by atoms with van der Waals surface area (Å²) in [6, 6.07) is 68.5. The lowest BCUT2D eigenvalue weighted by Gasteiger charge is -2.13. The first-order valence-electron chi connectivity index (χ1n) is 19.2. The Morgan fingerprint density at radius 3 is 1.39 bits per heavy atom. The van der Waals surface area contributed by atoms with E-state index in [-0.39, 0.29) is 0 Å². The molecule has 0 unspecified atom stereocenters. The van der Waals surface area contributed by atoms with Crippen molar-refractivity contribution < 1.29 is 0 Å². The molecule has 0 amide bonds. The van der Waals surface area contributed by atoms with Crippen LogP contribution in [0.25, 0.3) is 106 Å². The fourth-order valence-electron chi connectivity index (χ4n) is 8.88. The number of benzene rings is 8. The SMILES string of the molecule is c1ccc(-c2nc(-n3c4ccccc4c4ccccc43)nc(-n3c4ccccc4c4cc(-c5cccc6c5c5ccccc5n6-c5ccccc5)ccc43)n2)cc1. The van der Waals surface area contributed by atoms with Crippen molar-refractivity contribution in [3.8, 4) is 40.1 Å². The topological polar surface area (TPSA) is 53.5 Å². The minimum absolute atomic E-state index is 0.563. The van der Waals surface area contributed by atoms with Gasteiger partial charge in [0.2, 0.25) is 11.9 Å². The van der Waals surface area contributed by atoms with Gasteiger partial charge in [-0.2, -0.15) is 15.0 Å². The van der Waals surface area contributed by atoms with E-state index in [4.69, 9.17) is 15.0 Å². The number of nitrogens with zero attached hydrogens (tertiary/aromatic N) is 6. The largest absolute Gasteiger partial charge is 0.309 e. The molecule has 0 atom stereocenters. The molecule has 0 fully saturated rings. The van der Waals surface area contributed by atoms with Gasteiger partial charge in [0.15, 0.2) is 5.82 Å². The van der Waals surface area contributed by atoms with Crippen molar-refractivity contribution in [1.82, 2.24) is 28.7 Å². The molecule has 12 aromatic rings. The first kappa shape index (κ1) is 31.5. The van der Waals surface area contributed by atoms with Gasteiger partial charge in [0.05, 0.1) is 33.1 Å². The van der Waals surface area contributed by atoms with Crippen LogP contribution in [-0.2, 0) is 0 Å². The van der Waals surface area contributed by atoms with E-state index >= 15 is 0 Å². The molecule has 0 radical (unpaired) electrons. The van der Waals surface area contributed by atoms with Crippen molar-refractivity contribution in [1.29, 1.82) is 0 Å². The Morgan fingerprint density at radius 2 is 0.772 bits per heavy atom.